The van der Waals surface area contributed by atoms with Crippen molar-refractivity contribution < 1.29 is 19.4 Å². The van der Waals surface area contributed by atoms with Crippen molar-refractivity contribution in [3.8, 4) is 0 Å². The van der Waals surface area contributed by atoms with Crippen LogP contribution in [0, 0.1) is 0 Å². The number of rotatable bonds is 4. The van der Waals surface area contributed by atoms with Gasteiger partial charge in [0, 0.05) is 0 Å². The van der Waals surface area contributed by atoms with Crippen molar-refractivity contribution in [2.24, 2.45) is 0 Å². The van der Waals surface area contributed by atoms with Gasteiger partial charge in [-0.15, -0.1) is 24.8 Å². The van der Waals surface area contributed by atoms with E-state index in [4.69, 9.17) is 0 Å². The van der Waals surface area contributed by atoms with Gasteiger partial charge in [0.2, 0.25) is 0 Å². The fourth-order valence-electron chi connectivity index (χ4n) is 2.02. The molecule has 100 valence electrons. The Morgan fingerprint density at radius 3 is 1.76 bits per heavy atom. The summed E-state index contributed by atoms with van der Waals surface area (Å²) in [5, 5.41) is 0. The number of nitrogens with zero attached hydrogens (tertiary/aromatic N) is 1. The molecule has 0 aromatic carbocycles. The van der Waals surface area contributed by atoms with Crippen LogP contribution < -0.4 is 0 Å². The molecule has 0 N–H and O–H groups in total. The van der Waals surface area contributed by atoms with E-state index in [0.29, 0.717) is 0 Å². The number of halogens is 2. The van der Waals surface area contributed by atoms with Gasteiger partial charge < -0.3 is 0 Å². The van der Waals surface area contributed by atoms with E-state index in [-0.39, 0.29) is 44.2 Å². The molecule has 0 bridgehead atoms. The third-order valence-corrected chi connectivity index (χ3v) is 17.7. The van der Waals surface area contributed by atoms with Crippen LogP contribution >= 0.6 is 24.8 Å². The van der Waals surface area contributed by atoms with Gasteiger partial charge in [0.1, 0.15) is 0 Å². The first-order chi connectivity index (χ1) is 6.71. The van der Waals surface area contributed by atoms with E-state index in [2.05, 4.69) is 60.2 Å². The molecule has 6 heteroatoms. The summed E-state index contributed by atoms with van der Waals surface area (Å²) in [7, 11) is -2.22. The maximum Gasteiger partial charge on any atom is -0.147 e. The van der Waals surface area contributed by atoms with Crippen LogP contribution in [-0.2, 0) is 19.4 Å². The summed E-state index contributed by atoms with van der Waals surface area (Å²) >= 11 is -0.0154. The minimum Gasteiger partial charge on any atom is -0.147 e. The quantitative estimate of drug-likeness (QED) is 0.670. The zero-order valence-electron chi connectivity index (χ0n) is 11.7. The Morgan fingerprint density at radius 1 is 1.00 bits per heavy atom. The largest absolute Gasteiger partial charge is 0.147 e. The van der Waals surface area contributed by atoms with E-state index < -0.39 is 16.5 Å². The van der Waals surface area contributed by atoms with Crippen molar-refractivity contribution in [3.63, 3.8) is 0 Å². The first kappa shape index (κ1) is 20.5. The number of allylic oxidation sites excluding steroid dienone is 4. The first-order valence-corrected chi connectivity index (χ1v) is 14.0. The van der Waals surface area contributed by atoms with Crippen LogP contribution in [0.3, 0.4) is 0 Å². The SMILES string of the molecule is C[Si](C)(C)[N]([Ti][C]1=CC=CC1)[Si](C)(C)C.Cl.Cl. The van der Waals surface area contributed by atoms with Gasteiger partial charge in [-0.25, -0.2) is 0 Å². The Bertz CT molecular complexity index is 279. The predicted octanol–water partition coefficient (Wildman–Crippen LogP) is 4.64. The predicted molar refractivity (Wildman–Crippen MR) is 84.9 cm³/mol. The molecule has 0 amide bonds. The summed E-state index contributed by atoms with van der Waals surface area (Å²) < 4.78 is 4.69. The van der Waals surface area contributed by atoms with Crippen LogP contribution in [0.15, 0.2) is 22.1 Å². The van der Waals surface area contributed by atoms with Crippen LogP contribution in [-0.4, -0.2) is 19.2 Å². The smallest absolute Gasteiger partial charge is 0.147 e. The molecular formula is C11H25Cl2NSi2Ti. The van der Waals surface area contributed by atoms with E-state index >= 15 is 0 Å². The van der Waals surface area contributed by atoms with E-state index in [1.165, 1.54) is 6.42 Å². The van der Waals surface area contributed by atoms with Gasteiger partial charge in [0.05, 0.1) is 0 Å². The minimum absolute atomic E-state index is 0. The molecule has 0 aromatic rings. The van der Waals surface area contributed by atoms with Crippen LogP contribution in [0.5, 0.6) is 0 Å². The first-order valence-electron chi connectivity index (χ1n) is 5.64. The molecule has 0 fully saturated rings. The van der Waals surface area contributed by atoms with Crippen molar-refractivity contribution in [2.75, 3.05) is 0 Å². The number of hydrogen-bond donors (Lipinski definition) is 0. The Hall–Kier alpha value is 1.17. The molecule has 0 aromatic heterocycles. The summed E-state index contributed by atoms with van der Waals surface area (Å²) in [6.45, 7) is 15.0. The van der Waals surface area contributed by atoms with Gasteiger partial charge in [-0.2, -0.15) is 0 Å². The Morgan fingerprint density at radius 2 is 1.47 bits per heavy atom. The van der Waals surface area contributed by atoms with E-state index in [0.717, 1.165) is 0 Å². The van der Waals surface area contributed by atoms with Gasteiger partial charge >= 0.3 is 106 Å². The van der Waals surface area contributed by atoms with Crippen LogP contribution in [0.2, 0.25) is 39.3 Å². The molecule has 0 saturated carbocycles. The molecule has 0 saturated heterocycles. The van der Waals surface area contributed by atoms with Gasteiger partial charge in [-0.1, -0.05) is 0 Å². The third-order valence-electron chi connectivity index (χ3n) is 2.37. The van der Waals surface area contributed by atoms with Crippen LogP contribution in [0.1, 0.15) is 6.42 Å². The fraction of sp³-hybridized carbons (Fsp3) is 0.636. The van der Waals surface area contributed by atoms with E-state index in [1.807, 2.05) is 0 Å². The average Bonchev–Trinajstić information content (AvgIpc) is 2.46. The average molecular weight is 346 g/mol. The molecule has 0 heterocycles. The summed E-state index contributed by atoms with van der Waals surface area (Å²) in [5.74, 6) is 0. The standard InChI is InChI=1S/C6H18NSi2.C5H5.2ClH.Ti/c1-8(2,3)7-9(4,5)6;1-2-4-5-3-1;;;/h1-6H3;1-3H,4H2;2*1H;/q-1;;;;+1. The molecule has 1 aliphatic rings. The van der Waals surface area contributed by atoms with Gasteiger partial charge in [0.25, 0.3) is 0 Å². The zero-order valence-corrected chi connectivity index (χ0v) is 16.9. The molecule has 1 aliphatic carbocycles. The second kappa shape index (κ2) is 7.68. The van der Waals surface area contributed by atoms with Crippen LogP contribution in [0.25, 0.3) is 0 Å². The maximum absolute atomic E-state index is 2.97. The van der Waals surface area contributed by atoms with Gasteiger partial charge in [0.15, 0.2) is 0 Å². The molecule has 1 nitrogen and oxygen atoms in total. The summed E-state index contributed by atoms with van der Waals surface area (Å²) in [5.41, 5.74) is 0. The molecule has 1 rings (SSSR count). The topological polar surface area (TPSA) is 3.24 Å². The van der Waals surface area contributed by atoms with Crippen LogP contribution in [0.4, 0.5) is 0 Å². The second-order valence-corrected chi connectivity index (χ2v) is 19.6. The van der Waals surface area contributed by atoms with Gasteiger partial charge in [-0.3, -0.25) is 0 Å². The Labute approximate surface area is 130 Å². The molecular weight excluding hydrogens is 321 g/mol. The molecule has 17 heavy (non-hydrogen) atoms. The van der Waals surface area contributed by atoms with E-state index in [9.17, 15) is 0 Å². The fourth-order valence-corrected chi connectivity index (χ4v) is 16.1. The molecule has 0 atom stereocenters. The molecule has 0 aliphatic heterocycles. The van der Waals surface area contributed by atoms with Crippen molar-refractivity contribution in [3.05, 3.63) is 22.1 Å². The molecule has 0 radical (unpaired) electrons. The second-order valence-electron chi connectivity index (χ2n) is 6.11. The van der Waals surface area contributed by atoms with Crippen molar-refractivity contribution in [1.29, 1.82) is 0 Å². The van der Waals surface area contributed by atoms with Gasteiger partial charge in [-0.05, 0) is 0 Å². The Kier molecular flexibility index (Phi) is 9.26. The summed E-state index contributed by atoms with van der Waals surface area (Å²) in [6.07, 6.45) is 8.11. The normalized spacial score (nSPS) is 15.1. The van der Waals surface area contributed by atoms with Crippen molar-refractivity contribution in [1.82, 2.24) is 2.71 Å². The molecule has 0 unspecified atom stereocenters. The van der Waals surface area contributed by atoms with Crippen molar-refractivity contribution in [2.45, 2.75) is 45.7 Å². The summed E-state index contributed by atoms with van der Waals surface area (Å²) in [4.78, 5) is 0. The zero-order chi connectivity index (χ0) is 11.7. The number of hydrogen-bond acceptors (Lipinski definition) is 1. The summed E-state index contributed by atoms with van der Waals surface area (Å²) in [6, 6.07) is 0. The monoisotopic (exact) mass is 345 g/mol. The minimum atomic E-state index is -1.11. The Balaban J connectivity index is 0. The van der Waals surface area contributed by atoms with Crippen molar-refractivity contribution >= 4 is 41.3 Å². The maximum atomic E-state index is 2.97. The van der Waals surface area contributed by atoms with E-state index in [1.54, 1.807) is 3.88 Å². The molecule has 0 spiro atoms. The third kappa shape index (κ3) is 6.76.